The summed E-state index contributed by atoms with van der Waals surface area (Å²) in [7, 11) is 0. The van der Waals surface area contributed by atoms with Crippen LogP contribution in [0.3, 0.4) is 0 Å². The number of nitrogens with one attached hydrogen (secondary N) is 2. The molecule has 0 fully saturated rings. The number of H-pyrrole nitrogens is 1. The van der Waals surface area contributed by atoms with Crippen LogP contribution in [-0.2, 0) is 21.0 Å². The molecule has 0 spiro atoms. The Hall–Kier alpha value is -3.53. The summed E-state index contributed by atoms with van der Waals surface area (Å²) in [5, 5.41) is 2.37. The van der Waals surface area contributed by atoms with Crippen molar-refractivity contribution in [1.29, 1.82) is 0 Å². The first-order valence-corrected chi connectivity index (χ1v) is 7.66. The van der Waals surface area contributed by atoms with Crippen LogP contribution in [0.25, 0.3) is 11.2 Å². The molecule has 1 aromatic carbocycles. The van der Waals surface area contributed by atoms with E-state index in [0.29, 0.717) is 0 Å². The number of fused-ring (bicyclic) bond motifs is 1. The van der Waals surface area contributed by atoms with Crippen LogP contribution in [0.4, 0.5) is 5.95 Å². The molecule has 0 atom stereocenters. The largest absolute Gasteiger partial charge is 0.460 e. The van der Waals surface area contributed by atoms with Crippen LogP contribution >= 0.6 is 0 Å². The number of carbonyl (C=O) groups is 2. The van der Waals surface area contributed by atoms with Gasteiger partial charge in [0.25, 0.3) is 5.56 Å². The quantitative estimate of drug-likeness (QED) is 0.463. The number of hydrogen-bond donors (Lipinski definition) is 2. The molecule has 2 heterocycles. The molecule has 140 valence electrons. The van der Waals surface area contributed by atoms with Crippen LogP contribution in [0.2, 0.25) is 0 Å². The maximum absolute atomic E-state index is 12.2. The Kier molecular flexibility index (Phi) is 3.89. The molecule has 0 saturated carbocycles. The second kappa shape index (κ2) is 8.23. The van der Waals surface area contributed by atoms with Crippen molar-refractivity contribution in [3.63, 3.8) is 0 Å². The van der Waals surface area contributed by atoms with Gasteiger partial charge in [-0.25, -0.2) is 9.78 Å². The second-order valence-electron chi connectivity index (χ2n) is 5.16. The average molecular weight is 376 g/mol. The summed E-state index contributed by atoms with van der Waals surface area (Å²) < 4.78 is 49.9. The minimum atomic E-state index is -1.08. The minimum Gasteiger partial charge on any atom is -0.460 e. The first-order chi connectivity index (χ1) is 15.1. The summed E-state index contributed by atoms with van der Waals surface area (Å²) in [6.45, 7) is 0.777. The Balaban J connectivity index is 1.61. The van der Waals surface area contributed by atoms with Gasteiger partial charge in [0.2, 0.25) is 11.9 Å². The molecule has 27 heavy (non-hydrogen) atoms. The minimum absolute atomic E-state index is 0.0373. The number of benzene rings is 1. The summed E-state index contributed by atoms with van der Waals surface area (Å²) in [5.74, 6) is -1.55. The number of rotatable bonds is 7. The van der Waals surface area contributed by atoms with Gasteiger partial charge in [0.15, 0.2) is 11.2 Å². The van der Waals surface area contributed by atoms with Crippen molar-refractivity contribution in [2.24, 2.45) is 0 Å². The highest BCUT2D eigenvalue weighted by Gasteiger charge is 2.11. The standard InChI is InChI=1S/C17H17N5O5/c1-11(23)19-17-20-14-13(15(24)21-17)18-9-22(14)10-26-7-8-27-16(25)12-5-3-2-4-6-12/h2-6,9H,7-8,10H2,1H3,(H2,19,20,21,23,24)/i2D,3D,4D,5D,6D. The van der Waals surface area contributed by atoms with E-state index >= 15 is 0 Å². The predicted molar refractivity (Wildman–Crippen MR) is 95.1 cm³/mol. The Morgan fingerprint density at radius 1 is 1.30 bits per heavy atom. The summed E-state index contributed by atoms with van der Waals surface area (Å²) >= 11 is 0. The third-order valence-electron chi connectivity index (χ3n) is 3.16. The van der Waals surface area contributed by atoms with Gasteiger partial charge in [-0.3, -0.25) is 24.5 Å². The predicted octanol–water partition coefficient (Wildman–Crippen LogP) is 0.909. The van der Waals surface area contributed by atoms with Gasteiger partial charge in [-0.05, 0) is 12.1 Å². The number of aromatic nitrogens is 4. The molecule has 3 aromatic rings. The number of imidazole rings is 1. The molecule has 1 amide bonds. The van der Waals surface area contributed by atoms with Gasteiger partial charge in [0, 0.05) is 6.92 Å². The Bertz CT molecular complexity index is 1250. The lowest BCUT2D eigenvalue weighted by atomic mass is 10.2. The maximum Gasteiger partial charge on any atom is 0.338 e. The van der Waals surface area contributed by atoms with Gasteiger partial charge < -0.3 is 9.47 Å². The lowest BCUT2D eigenvalue weighted by Gasteiger charge is -2.07. The average Bonchev–Trinajstić information content (AvgIpc) is 3.13. The maximum atomic E-state index is 12.2. The van der Waals surface area contributed by atoms with Crippen molar-refractivity contribution < 1.29 is 25.9 Å². The number of hydrogen-bond acceptors (Lipinski definition) is 7. The van der Waals surface area contributed by atoms with Crippen molar-refractivity contribution >= 4 is 29.0 Å². The molecular formula is C17H17N5O5. The van der Waals surface area contributed by atoms with Crippen LogP contribution in [0.15, 0.2) is 41.3 Å². The highest BCUT2D eigenvalue weighted by atomic mass is 16.6. The van der Waals surface area contributed by atoms with E-state index in [1.54, 1.807) is 0 Å². The van der Waals surface area contributed by atoms with E-state index in [1.807, 2.05) is 0 Å². The number of anilines is 1. The van der Waals surface area contributed by atoms with Crippen molar-refractivity contribution in [2.75, 3.05) is 18.5 Å². The Morgan fingerprint density at radius 3 is 2.81 bits per heavy atom. The number of amides is 1. The van der Waals surface area contributed by atoms with E-state index in [2.05, 4.69) is 20.3 Å². The van der Waals surface area contributed by atoms with E-state index in [0.717, 1.165) is 0 Å². The molecule has 10 heteroatoms. The highest BCUT2D eigenvalue weighted by molar-refractivity contribution is 5.89. The van der Waals surface area contributed by atoms with E-state index in [9.17, 15) is 14.4 Å². The monoisotopic (exact) mass is 376 g/mol. The van der Waals surface area contributed by atoms with Crippen molar-refractivity contribution in [2.45, 2.75) is 13.7 Å². The fraction of sp³-hybridized carbons (Fsp3) is 0.235. The van der Waals surface area contributed by atoms with Crippen LogP contribution in [0.1, 0.15) is 24.1 Å². The van der Waals surface area contributed by atoms with E-state index < -0.39 is 53.2 Å². The molecule has 0 radical (unpaired) electrons. The summed E-state index contributed by atoms with van der Waals surface area (Å²) in [6.07, 6.45) is 1.31. The molecule has 2 aromatic heterocycles. The van der Waals surface area contributed by atoms with E-state index in [4.69, 9.17) is 16.3 Å². The van der Waals surface area contributed by atoms with E-state index in [-0.39, 0.29) is 37.1 Å². The highest BCUT2D eigenvalue weighted by Crippen LogP contribution is 2.08. The molecule has 2 N–H and O–H groups in total. The van der Waals surface area contributed by atoms with Crippen molar-refractivity contribution in [3.05, 3.63) is 52.5 Å². The fourth-order valence-electron chi connectivity index (χ4n) is 2.05. The topological polar surface area (TPSA) is 128 Å². The van der Waals surface area contributed by atoms with Gasteiger partial charge in [0.05, 0.1) is 25.4 Å². The molecule has 0 aliphatic carbocycles. The molecular weight excluding hydrogens is 354 g/mol. The van der Waals surface area contributed by atoms with Crippen LogP contribution in [0.5, 0.6) is 0 Å². The molecule has 0 aliphatic rings. The smallest absolute Gasteiger partial charge is 0.338 e. The zero-order valence-electron chi connectivity index (χ0n) is 19.1. The first-order valence-electron chi connectivity index (χ1n) is 10.2. The summed E-state index contributed by atoms with van der Waals surface area (Å²) in [6, 6.07) is -3.19. The second-order valence-corrected chi connectivity index (χ2v) is 5.16. The molecule has 0 bridgehead atoms. The fourth-order valence-corrected chi connectivity index (χ4v) is 2.05. The number of aromatic amines is 1. The lowest BCUT2D eigenvalue weighted by molar-refractivity contribution is -0.114. The Labute approximate surface area is 160 Å². The van der Waals surface area contributed by atoms with Crippen LogP contribution < -0.4 is 10.9 Å². The number of ether oxygens (including phenoxy) is 2. The normalized spacial score (nSPS) is 13.3. The van der Waals surface area contributed by atoms with Gasteiger partial charge in [-0.15, -0.1) is 0 Å². The third-order valence-corrected chi connectivity index (χ3v) is 3.16. The molecule has 0 aliphatic heterocycles. The van der Waals surface area contributed by atoms with Gasteiger partial charge in [0.1, 0.15) is 13.3 Å². The van der Waals surface area contributed by atoms with Gasteiger partial charge in [-0.1, -0.05) is 18.1 Å². The van der Waals surface area contributed by atoms with Gasteiger partial charge >= 0.3 is 5.97 Å². The summed E-state index contributed by atoms with van der Waals surface area (Å²) in [5.41, 5.74) is -0.917. The first kappa shape index (κ1) is 12.8. The summed E-state index contributed by atoms with van der Waals surface area (Å²) in [4.78, 5) is 45.8. The molecule has 10 nitrogen and oxygen atoms in total. The number of carbonyl (C=O) groups excluding carboxylic acids is 2. The van der Waals surface area contributed by atoms with E-state index in [1.165, 1.54) is 17.8 Å². The van der Waals surface area contributed by atoms with Gasteiger partial charge in [-0.2, -0.15) is 4.98 Å². The SMILES string of the molecule is [2H]c1c([2H])c([2H])c(C(=O)OCCOCn2cnc3c(=O)[nH]c(NC(C)=O)nc32)c([2H])c1[2H]. The lowest BCUT2D eigenvalue weighted by Crippen LogP contribution is -2.17. The van der Waals surface area contributed by atoms with Crippen LogP contribution in [0, 0.1) is 0 Å². The Morgan fingerprint density at radius 2 is 2.07 bits per heavy atom. The zero-order valence-corrected chi connectivity index (χ0v) is 14.1. The van der Waals surface area contributed by atoms with Crippen LogP contribution in [-0.4, -0.2) is 44.6 Å². The van der Waals surface area contributed by atoms with Crippen molar-refractivity contribution in [1.82, 2.24) is 19.5 Å². The number of nitrogens with zero attached hydrogens (tertiary/aromatic N) is 3. The van der Waals surface area contributed by atoms with Crippen molar-refractivity contribution in [3.8, 4) is 0 Å². The molecule has 3 rings (SSSR count). The molecule has 0 saturated heterocycles. The zero-order chi connectivity index (χ0) is 23.6. The third kappa shape index (κ3) is 4.55. The number of esters is 1. The molecule has 0 unspecified atom stereocenters.